The Balaban J connectivity index is 0.00000364. The van der Waals surface area contributed by atoms with Gasteiger partial charge in [-0.2, -0.15) is 0 Å². The second-order valence-corrected chi connectivity index (χ2v) is 6.93. The van der Waals surface area contributed by atoms with E-state index in [9.17, 15) is 0 Å². The number of ether oxygens (including phenoxy) is 1. The van der Waals surface area contributed by atoms with Crippen molar-refractivity contribution in [3.05, 3.63) is 47.5 Å². The van der Waals surface area contributed by atoms with Crippen LogP contribution in [0.5, 0.6) is 0 Å². The van der Waals surface area contributed by atoms with Gasteiger partial charge in [-0.3, -0.25) is 9.89 Å². The van der Waals surface area contributed by atoms with Crippen LogP contribution in [0.25, 0.3) is 0 Å². The molecule has 1 fully saturated rings. The van der Waals surface area contributed by atoms with Crippen LogP contribution in [0.1, 0.15) is 24.4 Å². The summed E-state index contributed by atoms with van der Waals surface area (Å²) in [5.74, 6) is 0.918. The molecule has 27 heavy (non-hydrogen) atoms. The lowest BCUT2D eigenvalue weighted by Gasteiger charge is -2.35. The van der Waals surface area contributed by atoms with E-state index in [0.29, 0.717) is 0 Å². The lowest BCUT2D eigenvalue weighted by molar-refractivity contribution is 0.0169. The molecule has 0 bridgehead atoms. The van der Waals surface area contributed by atoms with E-state index in [1.165, 1.54) is 5.56 Å². The van der Waals surface area contributed by atoms with Gasteiger partial charge in [-0.15, -0.1) is 30.6 Å². The van der Waals surface area contributed by atoms with Crippen LogP contribution in [0.15, 0.2) is 41.9 Å². The van der Waals surface area contributed by atoms with Crippen LogP contribution in [-0.4, -0.2) is 69.2 Å². The number of aliphatic imine (C=N–C) groups is 1. The Morgan fingerprint density at radius 3 is 2.63 bits per heavy atom. The number of nitrogens with zero attached hydrogens (tertiary/aromatic N) is 3. The zero-order valence-electron chi connectivity index (χ0n) is 16.4. The smallest absolute Gasteiger partial charge is 0.193 e. The van der Waals surface area contributed by atoms with E-state index in [0.717, 1.165) is 63.2 Å². The van der Waals surface area contributed by atoms with Crippen molar-refractivity contribution in [3.8, 4) is 0 Å². The molecule has 1 aliphatic heterocycles. The molecule has 0 aliphatic carbocycles. The molecule has 1 N–H and O–H groups in total. The number of hydrogen-bond acceptors (Lipinski definition) is 3. The van der Waals surface area contributed by atoms with Crippen LogP contribution in [-0.2, 0) is 4.74 Å². The summed E-state index contributed by atoms with van der Waals surface area (Å²) in [6, 6.07) is 8.40. The summed E-state index contributed by atoms with van der Waals surface area (Å²) in [4.78, 5) is 9.06. The van der Waals surface area contributed by atoms with Gasteiger partial charge in [0.2, 0.25) is 0 Å². The van der Waals surface area contributed by atoms with Gasteiger partial charge in [-0.05, 0) is 30.5 Å². The van der Waals surface area contributed by atoms with Gasteiger partial charge in [0.1, 0.15) is 0 Å². The number of allylic oxidation sites excluding steroid dienone is 1. The highest BCUT2D eigenvalue weighted by molar-refractivity contribution is 14.0. The van der Waals surface area contributed by atoms with Crippen molar-refractivity contribution in [2.75, 3.05) is 53.5 Å². The SMILES string of the molecule is C=CCCCN(C)C(=NC)NCC(c1ccc(Cl)cc1)N1CCOCC1.I. The van der Waals surface area contributed by atoms with Crippen molar-refractivity contribution in [1.82, 2.24) is 15.1 Å². The summed E-state index contributed by atoms with van der Waals surface area (Å²) < 4.78 is 5.52. The fourth-order valence-corrected chi connectivity index (χ4v) is 3.31. The van der Waals surface area contributed by atoms with Crippen molar-refractivity contribution in [2.24, 2.45) is 4.99 Å². The number of unbranched alkanes of at least 4 members (excludes halogenated alkanes) is 1. The van der Waals surface area contributed by atoms with Gasteiger partial charge in [0.25, 0.3) is 0 Å². The lowest BCUT2D eigenvalue weighted by Crippen LogP contribution is -2.46. The number of hydrogen-bond donors (Lipinski definition) is 1. The highest BCUT2D eigenvalue weighted by atomic mass is 127. The first kappa shape index (κ1) is 24.2. The number of benzene rings is 1. The number of morpholine rings is 1. The highest BCUT2D eigenvalue weighted by Gasteiger charge is 2.23. The molecule has 1 aromatic carbocycles. The number of rotatable bonds is 8. The van der Waals surface area contributed by atoms with E-state index in [1.807, 2.05) is 25.3 Å². The molecule has 1 atom stereocenters. The van der Waals surface area contributed by atoms with Crippen LogP contribution in [0.4, 0.5) is 0 Å². The maximum atomic E-state index is 6.07. The van der Waals surface area contributed by atoms with E-state index in [2.05, 4.69) is 45.9 Å². The molecule has 2 rings (SSSR count). The largest absolute Gasteiger partial charge is 0.379 e. The Labute approximate surface area is 185 Å². The second-order valence-electron chi connectivity index (χ2n) is 6.50. The number of halogens is 2. The zero-order valence-corrected chi connectivity index (χ0v) is 19.5. The van der Waals surface area contributed by atoms with Gasteiger partial charge in [-0.1, -0.05) is 29.8 Å². The fourth-order valence-electron chi connectivity index (χ4n) is 3.18. The predicted octanol–water partition coefficient (Wildman–Crippen LogP) is 3.80. The Morgan fingerprint density at radius 1 is 1.37 bits per heavy atom. The first-order valence-corrected chi connectivity index (χ1v) is 9.63. The van der Waals surface area contributed by atoms with E-state index in [-0.39, 0.29) is 30.0 Å². The summed E-state index contributed by atoms with van der Waals surface area (Å²) in [6.07, 6.45) is 4.05. The van der Waals surface area contributed by atoms with Gasteiger partial charge < -0.3 is 15.0 Å². The van der Waals surface area contributed by atoms with Crippen molar-refractivity contribution < 1.29 is 4.74 Å². The molecule has 0 amide bonds. The van der Waals surface area contributed by atoms with Crippen molar-refractivity contribution in [2.45, 2.75) is 18.9 Å². The summed E-state index contributed by atoms with van der Waals surface area (Å²) in [7, 11) is 3.91. The molecule has 1 aliphatic rings. The number of guanidine groups is 1. The van der Waals surface area contributed by atoms with Gasteiger partial charge in [0.15, 0.2) is 5.96 Å². The quantitative estimate of drug-likeness (QED) is 0.191. The minimum Gasteiger partial charge on any atom is -0.379 e. The molecule has 0 spiro atoms. The van der Waals surface area contributed by atoms with Crippen LogP contribution in [0, 0.1) is 0 Å². The van der Waals surface area contributed by atoms with E-state index in [4.69, 9.17) is 16.3 Å². The van der Waals surface area contributed by atoms with Crippen molar-refractivity contribution in [3.63, 3.8) is 0 Å². The highest BCUT2D eigenvalue weighted by Crippen LogP contribution is 2.23. The van der Waals surface area contributed by atoms with Gasteiger partial charge in [-0.25, -0.2) is 0 Å². The van der Waals surface area contributed by atoms with E-state index >= 15 is 0 Å². The molecule has 0 saturated carbocycles. The molecule has 7 heteroatoms. The van der Waals surface area contributed by atoms with Gasteiger partial charge in [0.05, 0.1) is 19.3 Å². The van der Waals surface area contributed by atoms with E-state index in [1.54, 1.807) is 0 Å². The molecule has 0 aromatic heterocycles. The first-order valence-electron chi connectivity index (χ1n) is 9.25. The van der Waals surface area contributed by atoms with Crippen LogP contribution in [0.2, 0.25) is 5.02 Å². The van der Waals surface area contributed by atoms with E-state index < -0.39 is 0 Å². The van der Waals surface area contributed by atoms with Crippen molar-refractivity contribution in [1.29, 1.82) is 0 Å². The molecule has 5 nitrogen and oxygen atoms in total. The standard InChI is InChI=1S/C20H31ClN4O.HI/c1-4-5-6-11-24(3)20(22-2)23-16-19(25-12-14-26-15-13-25)17-7-9-18(21)10-8-17;/h4,7-10,19H,1,5-6,11-16H2,2-3H3,(H,22,23);1H. The summed E-state index contributed by atoms with van der Waals surface area (Å²) in [5.41, 5.74) is 1.26. The third-order valence-corrected chi connectivity index (χ3v) is 4.92. The maximum absolute atomic E-state index is 6.07. The summed E-state index contributed by atoms with van der Waals surface area (Å²) in [6.45, 7) is 8.95. The average Bonchev–Trinajstić information content (AvgIpc) is 2.67. The monoisotopic (exact) mass is 506 g/mol. The molecule has 1 saturated heterocycles. The molecule has 1 aromatic rings. The molecular weight excluding hydrogens is 475 g/mol. The molecule has 1 unspecified atom stereocenters. The van der Waals surface area contributed by atoms with Crippen LogP contribution < -0.4 is 5.32 Å². The fraction of sp³-hybridized carbons (Fsp3) is 0.550. The predicted molar refractivity (Wildman–Crippen MR) is 125 cm³/mol. The molecular formula is C20H32ClIN4O. The molecule has 152 valence electrons. The van der Waals surface area contributed by atoms with Gasteiger partial charge >= 0.3 is 0 Å². The van der Waals surface area contributed by atoms with Crippen LogP contribution in [0.3, 0.4) is 0 Å². The van der Waals surface area contributed by atoms with Crippen molar-refractivity contribution >= 4 is 41.5 Å². The zero-order chi connectivity index (χ0) is 18.8. The minimum absolute atomic E-state index is 0. The minimum atomic E-state index is 0. The lowest BCUT2D eigenvalue weighted by atomic mass is 10.0. The second kappa shape index (κ2) is 13.4. The average molecular weight is 507 g/mol. The number of nitrogens with one attached hydrogen (secondary N) is 1. The summed E-state index contributed by atoms with van der Waals surface area (Å²) in [5, 5.41) is 4.31. The molecule has 1 heterocycles. The topological polar surface area (TPSA) is 40.1 Å². The Morgan fingerprint density at radius 2 is 2.04 bits per heavy atom. The first-order chi connectivity index (χ1) is 12.7. The Hall–Kier alpha value is -0.830. The normalized spacial score (nSPS) is 16.3. The van der Waals surface area contributed by atoms with Gasteiger partial charge in [0, 0.05) is 45.3 Å². The van der Waals surface area contributed by atoms with Crippen LogP contribution >= 0.6 is 35.6 Å². The molecule has 0 radical (unpaired) electrons. The Bertz CT molecular complexity index is 576. The maximum Gasteiger partial charge on any atom is 0.193 e. The summed E-state index contributed by atoms with van der Waals surface area (Å²) >= 11 is 6.07. The third kappa shape index (κ3) is 7.97. The third-order valence-electron chi connectivity index (χ3n) is 4.67. The Kier molecular flexibility index (Phi) is 12.0.